The lowest BCUT2D eigenvalue weighted by Gasteiger charge is -2.11. The lowest BCUT2D eigenvalue weighted by molar-refractivity contribution is -0.140. The van der Waals surface area contributed by atoms with Gasteiger partial charge in [0.25, 0.3) is 0 Å². The standard InChI is InChI=1S/C14H17NO4/c1-2-19-9-12(16)15-11-5-3-10(4-6-11)14(7-8-14)13(17)18/h3-6H,2,7-9H2,1H3,(H,15,16)(H,17,18). The van der Waals surface area contributed by atoms with E-state index in [1.807, 2.05) is 6.92 Å². The molecule has 0 unspecified atom stereocenters. The average molecular weight is 263 g/mol. The van der Waals surface area contributed by atoms with E-state index in [1.165, 1.54) is 0 Å². The van der Waals surface area contributed by atoms with Gasteiger partial charge >= 0.3 is 5.97 Å². The Morgan fingerprint density at radius 1 is 1.32 bits per heavy atom. The number of hydrogen-bond acceptors (Lipinski definition) is 3. The molecule has 1 aliphatic carbocycles. The first-order valence-corrected chi connectivity index (χ1v) is 6.30. The van der Waals surface area contributed by atoms with Crippen LogP contribution in [0.5, 0.6) is 0 Å². The Bertz CT molecular complexity index is 477. The molecule has 1 amide bonds. The molecule has 0 atom stereocenters. The van der Waals surface area contributed by atoms with Crippen LogP contribution in [0.25, 0.3) is 0 Å². The summed E-state index contributed by atoms with van der Waals surface area (Å²) >= 11 is 0. The van der Waals surface area contributed by atoms with Crippen LogP contribution in [0.15, 0.2) is 24.3 Å². The highest BCUT2D eigenvalue weighted by Gasteiger charge is 2.51. The molecule has 1 aromatic carbocycles. The number of amides is 1. The second kappa shape index (κ2) is 5.40. The van der Waals surface area contributed by atoms with Gasteiger partial charge in [-0.25, -0.2) is 0 Å². The number of rotatable bonds is 6. The molecule has 0 aliphatic heterocycles. The molecule has 0 aromatic heterocycles. The first-order valence-electron chi connectivity index (χ1n) is 6.30. The van der Waals surface area contributed by atoms with Gasteiger partial charge in [0.2, 0.25) is 5.91 Å². The van der Waals surface area contributed by atoms with Crippen LogP contribution >= 0.6 is 0 Å². The maximum absolute atomic E-state index is 11.4. The van der Waals surface area contributed by atoms with E-state index in [4.69, 9.17) is 4.74 Å². The summed E-state index contributed by atoms with van der Waals surface area (Å²) in [6.07, 6.45) is 1.36. The lowest BCUT2D eigenvalue weighted by Crippen LogP contribution is -2.20. The molecule has 0 heterocycles. The van der Waals surface area contributed by atoms with Crippen molar-refractivity contribution in [3.05, 3.63) is 29.8 Å². The first-order chi connectivity index (χ1) is 9.08. The molecule has 102 valence electrons. The molecule has 1 aliphatic rings. The first kappa shape index (κ1) is 13.5. The monoisotopic (exact) mass is 263 g/mol. The summed E-state index contributed by atoms with van der Waals surface area (Å²) in [6, 6.07) is 6.97. The highest BCUT2D eigenvalue weighted by atomic mass is 16.5. The summed E-state index contributed by atoms with van der Waals surface area (Å²) in [7, 11) is 0. The lowest BCUT2D eigenvalue weighted by atomic mass is 9.96. The van der Waals surface area contributed by atoms with Gasteiger partial charge < -0.3 is 15.2 Å². The summed E-state index contributed by atoms with van der Waals surface area (Å²) < 4.78 is 5.00. The molecule has 0 saturated heterocycles. The van der Waals surface area contributed by atoms with Crippen molar-refractivity contribution in [2.75, 3.05) is 18.5 Å². The van der Waals surface area contributed by atoms with Gasteiger partial charge in [0.15, 0.2) is 0 Å². The van der Waals surface area contributed by atoms with Gasteiger partial charge in [0.05, 0.1) is 5.41 Å². The number of carboxylic acid groups (broad SMARTS) is 1. The zero-order chi connectivity index (χ0) is 13.9. The van der Waals surface area contributed by atoms with E-state index < -0.39 is 11.4 Å². The maximum atomic E-state index is 11.4. The van der Waals surface area contributed by atoms with E-state index >= 15 is 0 Å². The van der Waals surface area contributed by atoms with Crippen LogP contribution < -0.4 is 5.32 Å². The van der Waals surface area contributed by atoms with Gasteiger partial charge in [-0.15, -0.1) is 0 Å². The Morgan fingerprint density at radius 2 is 1.95 bits per heavy atom. The molecular weight excluding hydrogens is 246 g/mol. The SMILES string of the molecule is CCOCC(=O)Nc1ccc(C2(C(=O)O)CC2)cc1. The Morgan fingerprint density at radius 3 is 2.42 bits per heavy atom. The molecule has 19 heavy (non-hydrogen) atoms. The van der Waals surface area contributed by atoms with Crippen LogP contribution in [0.3, 0.4) is 0 Å². The smallest absolute Gasteiger partial charge is 0.314 e. The summed E-state index contributed by atoms with van der Waals surface area (Å²) in [5.41, 5.74) is 0.742. The molecule has 2 rings (SSSR count). The Kier molecular flexibility index (Phi) is 3.85. The van der Waals surface area contributed by atoms with Crippen molar-refractivity contribution >= 4 is 17.6 Å². The minimum atomic E-state index is -0.777. The second-order valence-corrected chi connectivity index (χ2v) is 4.65. The van der Waals surface area contributed by atoms with Crippen LogP contribution in [-0.4, -0.2) is 30.2 Å². The third-order valence-electron chi connectivity index (χ3n) is 3.32. The van der Waals surface area contributed by atoms with Crippen LogP contribution in [0.4, 0.5) is 5.69 Å². The van der Waals surface area contributed by atoms with Gasteiger partial charge in [-0.2, -0.15) is 0 Å². The van der Waals surface area contributed by atoms with Crippen LogP contribution in [0, 0.1) is 0 Å². The van der Waals surface area contributed by atoms with E-state index in [0.717, 1.165) is 5.56 Å². The number of benzene rings is 1. The third kappa shape index (κ3) is 2.93. The largest absolute Gasteiger partial charge is 0.481 e. The maximum Gasteiger partial charge on any atom is 0.314 e. The van der Waals surface area contributed by atoms with Gasteiger partial charge in [0.1, 0.15) is 6.61 Å². The average Bonchev–Trinajstić information content (AvgIpc) is 3.19. The van der Waals surface area contributed by atoms with E-state index in [1.54, 1.807) is 24.3 Å². The zero-order valence-electron chi connectivity index (χ0n) is 10.8. The second-order valence-electron chi connectivity index (χ2n) is 4.65. The van der Waals surface area contributed by atoms with E-state index in [0.29, 0.717) is 25.1 Å². The fourth-order valence-corrected chi connectivity index (χ4v) is 2.02. The minimum Gasteiger partial charge on any atom is -0.481 e. The number of carbonyl (C=O) groups excluding carboxylic acids is 1. The molecule has 1 fully saturated rings. The fourth-order valence-electron chi connectivity index (χ4n) is 2.02. The number of anilines is 1. The van der Waals surface area contributed by atoms with Crippen LogP contribution in [0.1, 0.15) is 25.3 Å². The van der Waals surface area contributed by atoms with Crippen molar-refractivity contribution in [3.63, 3.8) is 0 Å². The summed E-state index contributed by atoms with van der Waals surface area (Å²) in [5, 5.41) is 11.9. The third-order valence-corrected chi connectivity index (χ3v) is 3.32. The van der Waals surface area contributed by atoms with Crippen molar-refractivity contribution in [3.8, 4) is 0 Å². The van der Waals surface area contributed by atoms with Crippen LogP contribution in [-0.2, 0) is 19.7 Å². The van der Waals surface area contributed by atoms with Crippen molar-refractivity contribution in [1.82, 2.24) is 0 Å². The van der Waals surface area contributed by atoms with Crippen molar-refractivity contribution in [2.45, 2.75) is 25.2 Å². The predicted octanol–water partition coefficient (Wildman–Crippen LogP) is 1.78. The van der Waals surface area contributed by atoms with Gasteiger partial charge in [0, 0.05) is 12.3 Å². The van der Waals surface area contributed by atoms with Gasteiger partial charge in [-0.1, -0.05) is 12.1 Å². The Hall–Kier alpha value is -1.88. The number of nitrogens with one attached hydrogen (secondary N) is 1. The number of carbonyl (C=O) groups is 2. The molecule has 2 N–H and O–H groups in total. The number of ether oxygens (including phenoxy) is 1. The number of carboxylic acids is 1. The Balaban J connectivity index is 1.99. The van der Waals surface area contributed by atoms with Crippen LogP contribution in [0.2, 0.25) is 0 Å². The Labute approximate surface area is 111 Å². The zero-order valence-corrected chi connectivity index (χ0v) is 10.8. The summed E-state index contributed by atoms with van der Waals surface area (Å²) in [5.74, 6) is -0.991. The molecule has 0 spiro atoms. The quantitative estimate of drug-likeness (QED) is 0.820. The molecule has 1 aromatic rings. The van der Waals surface area contributed by atoms with Gasteiger partial charge in [-0.3, -0.25) is 9.59 Å². The van der Waals surface area contributed by atoms with Crippen molar-refractivity contribution in [2.24, 2.45) is 0 Å². The highest BCUT2D eigenvalue weighted by molar-refractivity contribution is 5.92. The predicted molar refractivity (Wildman–Crippen MR) is 70.1 cm³/mol. The minimum absolute atomic E-state index is 0.0251. The highest BCUT2D eigenvalue weighted by Crippen LogP contribution is 2.48. The van der Waals surface area contributed by atoms with Crippen molar-refractivity contribution < 1.29 is 19.4 Å². The number of hydrogen-bond donors (Lipinski definition) is 2. The molecule has 5 nitrogen and oxygen atoms in total. The van der Waals surface area contributed by atoms with E-state index in [9.17, 15) is 14.7 Å². The van der Waals surface area contributed by atoms with E-state index in [2.05, 4.69) is 5.32 Å². The summed E-state index contributed by atoms with van der Waals surface area (Å²) in [6.45, 7) is 2.34. The number of aliphatic carboxylic acids is 1. The summed E-state index contributed by atoms with van der Waals surface area (Å²) in [4.78, 5) is 22.6. The molecule has 1 saturated carbocycles. The van der Waals surface area contributed by atoms with Gasteiger partial charge in [-0.05, 0) is 37.5 Å². The molecular formula is C14H17NO4. The normalized spacial score (nSPS) is 15.8. The molecule has 5 heteroatoms. The van der Waals surface area contributed by atoms with Crippen molar-refractivity contribution in [1.29, 1.82) is 0 Å². The van der Waals surface area contributed by atoms with E-state index in [-0.39, 0.29) is 12.5 Å². The fraction of sp³-hybridized carbons (Fsp3) is 0.429. The topological polar surface area (TPSA) is 75.6 Å². The molecule has 0 radical (unpaired) electrons. The molecule has 0 bridgehead atoms.